The summed E-state index contributed by atoms with van der Waals surface area (Å²) in [5, 5.41) is 5.04. The number of amides is 1. The zero-order chi connectivity index (χ0) is 19.4. The average Bonchev–Trinajstić information content (AvgIpc) is 3.01. The van der Waals surface area contributed by atoms with Crippen molar-refractivity contribution < 1.29 is 19.1 Å². The monoisotopic (exact) mass is 388 g/mol. The van der Waals surface area contributed by atoms with Gasteiger partial charge in [-0.3, -0.25) is 9.59 Å². The lowest BCUT2D eigenvalue weighted by Crippen LogP contribution is -2.32. The summed E-state index contributed by atoms with van der Waals surface area (Å²) >= 11 is 1.30. The van der Waals surface area contributed by atoms with Gasteiger partial charge in [0.25, 0.3) is 0 Å². The minimum Gasteiger partial charge on any atom is -0.488 e. The molecule has 7 heteroatoms. The molecular formula is C20H24N2O4S. The van der Waals surface area contributed by atoms with Crippen LogP contribution in [0.2, 0.25) is 0 Å². The van der Waals surface area contributed by atoms with Crippen LogP contribution < -0.4 is 10.1 Å². The Morgan fingerprint density at radius 1 is 1.33 bits per heavy atom. The van der Waals surface area contributed by atoms with E-state index in [2.05, 4.69) is 24.1 Å². The van der Waals surface area contributed by atoms with Crippen molar-refractivity contribution in [3.63, 3.8) is 0 Å². The van der Waals surface area contributed by atoms with E-state index in [0.29, 0.717) is 17.4 Å². The second-order valence-electron chi connectivity index (χ2n) is 7.15. The van der Waals surface area contributed by atoms with Crippen LogP contribution in [0.1, 0.15) is 44.0 Å². The molecule has 6 nitrogen and oxygen atoms in total. The second kappa shape index (κ2) is 8.08. The molecule has 0 radical (unpaired) electrons. The zero-order valence-electron chi connectivity index (χ0n) is 15.8. The van der Waals surface area contributed by atoms with E-state index in [0.717, 1.165) is 29.7 Å². The highest BCUT2D eigenvalue weighted by Gasteiger charge is 2.26. The number of carbonyl (C=O) groups excluding carboxylic acids is 2. The topological polar surface area (TPSA) is 77.5 Å². The number of thiazole rings is 1. The van der Waals surface area contributed by atoms with Gasteiger partial charge >= 0.3 is 5.97 Å². The maximum Gasteiger partial charge on any atom is 0.311 e. The number of anilines is 1. The van der Waals surface area contributed by atoms with Crippen LogP contribution >= 0.6 is 11.3 Å². The predicted molar refractivity (Wildman–Crippen MR) is 104 cm³/mol. The quantitative estimate of drug-likeness (QED) is 0.766. The van der Waals surface area contributed by atoms with Gasteiger partial charge < -0.3 is 14.8 Å². The summed E-state index contributed by atoms with van der Waals surface area (Å²) in [6, 6.07) is 5.91. The number of ether oxygens (including phenoxy) is 2. The SMILES string of the molecule is CCOC(=O)Cc1csc(NC(=O)Cc2ccc3c(c2)CCC(C)(C)O3)n1. The van der Waals surface area contributed by atoms with E-state index in [1.807, 2.05) is 18.2 Å². The molecule has 1 N–H and O–H groups in total. The van der Waals surface area contributed by atoms with Crippen LogP contribution in [-0.2, 0) is 33.6 Å². The van der Waals surface area contributed by atoms with Crippen LogP contribution in [0.25, 0.3) is 0 Å². The number of aromatic nitrogens is 1. The molecule has 0 unspecified atom stereocenters. The van der Waals surface area contributed by atoms with E-state index >= 15 is 0 Å². The largest absolute Gasteiger partial charge is 0.488 e. The van der Waals surface area contributed by atoms with Crippen molar-refractivity contribution in [1.29, 1.82) is 0 Å². The molecule has 1 aromatic heterocycles. The number of hydrogen-bond acceptors (Lipinski definition) is 6. The molecule has 1 aliphatic rings. The van der Waals surface area contributed by atoms with Gasteiger partial charge in [-0.05, 0) is 50.8 Å². The number of benzene rings is 1. The Morgan fingerprint density at radius 3 is 2.93 bits per heavy atom. The van der Waals surface area contributed by atoms with Crippen molar-refractivity contribution in [2.24, 2.45) is 0 Å². The molecule has 0 saturated carbocycles. The third-order valence-electron chi connectivity index (χ3n) is 4.30. The fraction of sp³-hybridized carbons (Fsp3) is 0.450. The highest BCUT2D eigenvalue weighted by molar-refractivity contribution is 7.13. The molecule has 0 spiro atoms. The van der Waals surface area contributed by atoms with Crippen LogP contribution in [-0.4, -0.2) is 29.1 Å². The zero-order valence-corrected chi connectivity index (χ0v) is 16.6. The first-order chi connectivity index (χ1) is 12.8. The molecular weight excluding hydrogens is 364 g/mol. The normalized spacial score (nSPS) is 14.8. The van der Waals surface area contributed by atoms with Crippen LogP contribution in [0, 0.1) is 0 Å². The molecule has 0 atom stereocenters. The molecule has 0 saturated heterocycles. The number of rotatable bonds is 6. The van der Waals surface area contributed by atoms with Gasteiger partial charge in [-0.1, -0.05) is 12.1 Å². The number of nitrogens with one attached hydrogen (secondary N) is 1. The molecule has 144 valence electrons. The number of esters is 1. The van der Waals surface area contributed by atoms with Gasteiger partial charge in [-0.25, -0.2) is 4.98 Å². The van der Waals surface area contributed by atoms with Crippen molar-refractivity contribution in [2.45, 2.75) is 52.1 Å². The average molecular weight is 388 g/mol. The van der Waals surface area contributed by atoms with Gasteiger partial charge in [0, 0.05) is 5.38 Å². The molecule has 0 aliphatic carbocycles. The molecule has 0 fully saturated rings. The third-order valence-corrected chi connectivity index (χ3v) is 5.11. The van der Waals surface area contributed by atoms with Crippen LogP contribution in [0.3, 0.4) is 0 Å². The molecule has 0 bridgehead atoms. The van der Waals surface area contributed by atoms with Gasteiger partial charge in [-0.2, -0.15) is 0 Å². The first kappa shape index (κ1) is 19.4. The van der Waals surface area contributed by atoms with Crippen LogP contribution in [0.4, 0.5) is 5.13 Å². The van der Waals surface area contributed by atoms with E-state index in [9.17, 15) is 9.59 Å². The number of nitrogens with zero attached hydrogens (tertiary/aromatic N) is 1. The summed E-state index contributed by atoms with van der Waals surface area (Å²) in [6.45, 7) is 6.28. The Hall–Kier alpha value is -2.41. The number of fused-ring (bicyclic) bond motifs is 1. The first-order valence-electron chi connectivity index (χ1n) is 9.05. The summed E-state index contributed by atoms with van der Waals surface area (Å²) in [6.07, 6.45) is 2.28. The van der Waals surface area contributed by atoms with E-state index in [-0.39, 0.29) is 30.3 Å². The predicted octanol–water partition coefficient (Wildman–Crippen LogP) is 3.53. The molecule has 1 aliphatic heterocycles. The van der Waals surface area contributed by atoms with Crippen LogP contribution in [0.5, 0.6) is 5.75 Å². The second-order valence-corrected chi connectivity index (χ2v) is 8.01. The summed E-state index contributed by atoms with van der Waals surface area (Å²) in [7, 11) is 0. The molecule has 2 heterocycles. The van der Waals surface area contributed by atoms with E-state index < -0.39 is 0 Å². The summed E-state index contributed by atoms with van der Waals surface area (Å²) in [5.41, 5.74) is 2.54. The maximum atomic E-state index is 12.3. The lowest BCUT2D eigenvalue weighted by molar-refractivity contribution is -0.142. The van der Waals surface area contributed by atoms with Crippen molar-refractivity contribution in [3.8, 4) is 5.75 Å². The van der Waals surface area contributed by atoms with E-state index in [1.165, 1.54) is 11.3 Å². The maximum absolute atomic E-state index is 12.3. The fourth-order valence-corrected chi connectivity index (χ4v) is 3.70. The van der Waals surface area contributed by atoms with Gasteiger partial charge in [0.1, 0.15) is 11.4 Å². The van der Waals surface area contributed by atoms with Crippen molar-refractivity contribution >= 4 is 28.3 Å². The smallest absolute Gasteiger partial charge is 0.311 e. The number of carbonyl (C=O) groups is 2. The number of hydrogen-bond donors (Lipinski definition) is 1. The molecule has 2 aromatic rings. The Bertz CT molecular complexity index is 844. The molecule has 27 heavy (non-hydrogen) atoms. The van der Waals surface area contributed by atoms with Gasteiger partial charge in [0.15, 0.2) is 5.13 Å². The summed E-state index contributed by atoms with van der Waals surface area (Å²) < 4.78 is 10.9. The van der Waals surface area contributed by atoms with Crippen molar-refractivity contribution in [1.82, 2.24) is 4.98 Å². The highest BCUT2D eigenvalue weighted by Crippen LogP contribution is 2.33. The van der Waals surface area contributed by atoms with Gasteiger partial charge in [-0.15, -0.1) is 11.3 Å². The highest BCUT2D eigenvalue weighted by atomic mass is 32.1. The fourth-order valence-electron chi connectivity index (χ4n) is 2.98. The van der Waals surface area contributed by atoms with Crippen LogP contribution in [0.15, 0.2) is 23.6 Å². The molecule has 1 aromatic carbocycles. The van der Waals surface area contributed by atoms with E-state index in [1.54, 1.807) is 12.3 Å². The Balaban J connectivity index is 1.57. The van der Waals surface area contributed by atoms with Gasteiger partial charge in [0.2, 0.25) is 5.91 Å². The Labute approximate surface area is 162 Å². The van der Waals surface area contributed by atoms with Crippen molar-refractivity contribution in [3.05, 3.63) is 40.4 Å². The standard InChI is InChI=1S/C20H24N2O4S/c1-4-25-18(24)11-15-12-27-19(21-15)22-17(23)10-13-5-6-16-14(9-13)7-8-20(2,3)26-16/h5-6,9,12H,4,7-8,10-11H2,1-3H3,(H,21,22,23). The first-order valence-corrected chi connectivity index (χ1v) is 9.93. The van der Waals surface area contributed by atoms with Gasteiger partial charge in [0.05, 0.1) is 25.1 Å². The lowest BCUT2D eigenvalue weighted by atomic mass is 9.93. The van der Waals surface area contributed by atoms with E-state index in [4.69, 9.17) is 9.47 Å². The Morgan fingerprint density at radius 2 is 2.15 bits per heavy atom. The third kappa shape index (κ3) is 5.29. The summed E-state index contributed by atoms with van der Waals surface area (Å²) in [4.78, 5) is 28.1. The summed E-state index contributed by atoms with van der Waals surface area (Å²) in [5.74, 6) is 0.447. The minimum absolute atomic E-state index is 0.112. The van der Waals surface area contributed by atoms with Crippen molar-refractivity contribution in [2.75, 3.05) is 11.9 Å². The lowest BCUT2D eigenvalue weighted by Gasteiger charge is -2.32. The minimum atomic E-state index is -0.319. The molecule has 3 rings (SSSR count). The Kier molecular flexibility index (Phi) is 5.79. The molecule has 1 amide bonds. The number of aryl methyl sites for hydroxylation is 1.